The van der Waals surface area contributed by atoms with Gasteiger partial charge in [-0.2, -0.15) is 9.49 Å². The van der Waals surface area contributed by atoms with Gasteiger partial charge in [-0.05, 0) is 32.9 Å². The van der Waals surface area contributed by atoms with Crippen LogP contribution >= 0.6 is 0 Å². The van der Waals surface area contributed by atoms with Crippen LogP contribution in [-0.2, 0) is 12.1 Å². The van der Waals surface area contributed by atoms with Gasteiger partial charge in [0, 0.05) is 56.4 Å². The number of amides is 1. The zero-order valence-corrected chi connectivity index (χ0v) is 18.1. The van der Waals surface area contributed by atoms with Gasteiger partial charge in [0.05, 0.1) is 11.2 Å². The third-order valence-corrected chi connectivity index (χ3v) is 5.81. The molecule has 4 N–H and O–H groups in total. The summed E-state index contributed by atoms with van der Waals surface area (Å²) in [5.41, 5.74) is 6.87. The Morgan fingerprint density at radius 2 is 2.12 bits per heavy atom. The van der Waals surface area contributed by atoms with Crippen LogP contribution in [-0.4, -0.2) is 57.4 Å². The van der Waals surface area contributed by atoms with E-state index >= 15 is 0 Å². The summed E-state index contributed by atoms with van der Waals surface area (Å²) in [5.74, 6) is -0.145. The lowest BCUT2D eigenvalue weighted by atomic mass is 9.87. The number of hydrogen-bond acceptors (Lipinski definition) is 8. The number of aromatic nitrogens is 4. The highest BCUT2D eigenvalue weighted by Crippen LogP contribution is 2.32. The molecule has 0 aliphatic carbocycles. The summed E-state index contributed by atoms with van der Waals surface area (Å²) in [4.78, 5) is 18.0. The summed E-state index contributed by atoms with van der Waals surface area (Å²) in [6.07, 6.45) is 4.64. The first kappa shape index (κ1) is 21.9. The maximum atomic E-state index is 13.5. The van der Waals surface area contributed by atoms with Gasteiger partial charge in [-0.25, -0.2) is 4.98 Å². The molecule has 3 aromatic rings. The maximum Gasteiger partial charge on any atom is 0.254 e. The molecule has 0 aromatic carbocycles. The molecule has 0 saturated carbocycles. The number of rotatable bonds is 8. The Balaban J connectivity index is 1.56. The van der Waals surface area contributed by atoms with Crippen molar-refractivity contribution in [3.8, 4) is 0 Å². The average molecular weight is 442 g/mol. The number of carbonyl (C=O) groups is 1. The molecule has 0 radical (unpaired) electrons. The van der Waals surface area contributed by atoms with Gasteiger partial charge in [-0.3, -0.25) is 14.4 Å². The molecule has 1 fully saturated rings. The predicted molar refractivity (Wildman–Crippen MR) is 116 cm³/mol. The van der Waals surface area contributed by atoms with Gasteiger partial charge in [0.25, 0.3) is 5.91 Å². The van der Waals surface area contributed by atoms with E-state index in [1.165, 1.54) is 12.3 Å². The fourth-order valence-corrected chi connectivity index (χ4v) is 4.17. The second-order valence-electron chi connectivity index (χ2n) is 8.15. The van der Waals surface area contributed by atoms with Crippen molar-refractivity contribution in [2.45, 2.75) is 31.8 Å². The van der Waals surface area contributed by atoms with Crippen molar-refractivity contribution in [3.63, 3.8) is 0 Å². The molecule has 10 nitrogen and oxygen atoms in total. The minimum absolute atomic E-state index is 0.248. The first-order valence-corrected chi connectivity index (χ1v) is 10.5. The molecule has 1 aliphatic heterocycles. The number of halogens is 1. The summed E-state index contributed by atoms with van der Waals surface area (Å²) in [5, 5.41) is 15.0. The Bertz CT molecular complexity index is 1090. The highest BCUT2D eigenvalue weighted by Gasteiger charge is 2.38. The number of nitrogens with two attached hydrogens (primary N) is 1. The fourth-order valence-electron chi connectivity index (χ4n) is 4.17. The van der Waals surface area contributed by atoms with E-state index in [9.17, 15) is 9.18 Å². The molecule has 0 bridgehead atoms. The van der Waals surface area contributed by atoms with E-state index in [0.717, 1.165) is 43.9 Å². The lowest BCUT2D eigenvalue weighted by molar-refractivity contribution is 0.0930. The van der Waals surface area contributed by atoms with Crippen molar-refractivity contribution in [2.24, 2.45) is 5.73 Å². The number of nitrogens with zero attached hydrogens (tertiary/aromatic N) is 5. The van der Waals surface area contributed by atoms with Gasteiger partial charge < -0.3 is 20.9 Å². The zero-order chi connectivity index (χ0) is 22.7. The molecule has 4 rings (SSSR count). The largest absolute Gasteiger partial charge is 0.365 e. The number of likely N-dealkylation sites (tertiary alicyclic amines) is 1. The Kier molecular flexibility index (Phi) is 6.19. The monoisotopic (exact) mass is 442 g/mol. The number of piperidine rings is 1. The molecule has 4 heterocycles. The summed E-state index contributed by atoms with van der Waals surface area (Å²) in [7, 11) is 1.89. The lowest BCUT2D eigenvalue weighted by Crippen LogP contribution is -2.51. The van der Waals surface area contributed by atoms with Crippen molar-refractivity contribution in [2.75, 3.05) is 32.0 Å². The summed E-state index contributed by atoms with van der Waals surface area (Å²) in [6, 6.07) is 4.78. The van der Waals surface area contributed by atoms with Crippen molar-refractivity contribution in [1.29, 1.82) is 0 Å². The van der Waals surface area contributed by atoms with Gasteiger partial charge in [-0.15, -0.1) is 0 Å². The SMILES string of the molecule is CNCC1(n2cc(C(N)=O)c(Nc3ccnc(F)c3)n2)CCN(Cc2cc(C)on2)CC1. The summed E-state index contributed by atoms with van der Waals surface area (Å²) < 4.78 is 20.5. The van der Waals surface area contributed by atoms with Gasteiger partial charge in [0.1, 0.15) is 11.3 Å². The first-order chi connectivity index (χ1) is 15.4. The van der Waals surface area contributed by atoms with E-state index in [1.807, 2.05) is 24.7 Å². The van der Waals surface area contributed by atoms with E-state index in [-0.39, 0.29) is 11.1 Å². The third-order valence-electron chi connectivity index (χ3n) is 5.81. The molecular formula is C21H27FN8O2. The number of hydrogen-bond donors (Lipinski definition) is 3. The van der Waals surface area contributed by atoms with Gasteiger partial charge >= 0.3 is 0 Å². The molecule has 32 heavy (non-hydrogen) atoms. The number of pyridine rings is 1. The Labute approximate surface area is 185 Å². The van der Waals surface area contributed by atoms with E-state index in [4.69, 9.17) is 10.3 Å². The van der Waals surface area contributed by atoms with Crippen LogP contribution in [0.15, 0.2) is 35.1 Å². The minimum Gasteiger partial charge on any atom is -0.365 e. The number of primary amides is 1. The fraction of sp³-hybridized carbons (Fsp3) is 0.429. The van der Waals surface area contributed by atoms with E-state index in [1.54, 1.807) is 12.3 Å². The average Bonchev–Trinajstić information content (AvgIpc) is 3.36. The molecule has 1 amide bonds. The maximum absolute atomic E-state index is 13.5. The van der Waals surface area contributed by atoms with Crippen molar-refractivity contribution >= 4 is 17.4 Å². The summed E-state index contributed by atoms with van der Waals surface area (Å²) >= 11 is 0. The van der Waals surface area contributed by atoms with Gasteiger partial charge in [-0.1, -0.05) is 5.16 Å². The third kappa shape index (κ3) is 4.63. The van der Waals surface area contributed by atoms with Crippen molar-refractivity contribution in [1.82, 2.24) is 30.1 Å². The molecule has 170 valence electrons. The number of nitrogens with one attached hydrogen (secondary N) is 2. The lowest BCUT2D eigenvalue weighted by Gasteiger charge is -2.41. The van der Waals surface area contributed by atoms with Crippen LogP contribution in [0.25, 0.3) is 0 Å². The normalized spacial score (nSPS) is 16.2. The summed E-state index contributed by atoms with van der Waals surface area (Å²) in [6.45, 7) is 4.94. The smallest absolute Gasteiger partial charge is 0.254 e. The van der Waals surface area contributed by atoms with Crippen LogP contribution in [0.2, 0.25) is 0 Å². The topological polar surface area (TPSA) is 127 Å². The number of likely N-dealkylation sites (N-methyl/N-ethyl adjacent to an activating group) is 1. The van der Waals surface area contributed by atoms with Crippen LogP contribution in [0.5, 0.6) is 0 Å². The second kappa shape index (κ2) is 9.05. The molecule has 0 unspecified atom stereocenters. The molecule has 0 atom stereocenters. The van der Waals surface area contributed by atoms with Crippen LogP contribution in [0.1, 0.15) is 34.7 Å². The quantitative estimate of drug-likeness (QED) is 0.451. The molecular weight excluding hydrogens is 415 g/mol. The Morgan fingerprint density at radius 1 is 1.34 bits per heavy atom. The molecule has 1 aliphatic rings. The van der Waals surface area contributed by atoms with E-state index in [2.05, 4.69) is 30.8 Å². The number of carbonyl (C=O) groups excluding carboxylic acids is 1. The van der Waals surface area contributed by atoms with Crippen LogP contribution < -0.4 is 16.4 Å². The van der Waals surface area contributed by atoms with Crippen LogP contribution in [0.4, 0.5) is 15.9 Å². The van der Waals surface area contributed by atoms with Gasteiger partial charge in [0.2, 0.25) is 5.95 Å². The standard InChI is InChI=1S/C21H27FN8O2/c1-14-9-16(28-32-14)11-29-7-4-21(5-8-29,13-24-2)30-12-17(19(23)31)20(27-30)26-15-3-6-25-18(22)10-15/h3,6,9-10,12,24H,4-5,7-8,11,13H2,1-2H3,(H2,23,31)(H,25,26,27). The van der Waals surface area contributed by atoms with Crippen molar-refractivity contribution < 1.29 is 13.7 Å². The second-order valence-corrected chi connectivity index (χ2v) is 8.15. The van der Waals surface area contributed by atoms with E-state index < -0.39 is 11.9 Å². The highest BCUT2D eigenvalue weighted by molar-refractivity contribution is 5.98. The predicted octanol–water partition coefficient (Wildman–Crippen LogP) is 1.77. The van der Waals surface area contributed by atoms with Crippen molar-refractivity contribution in [3.05, 3.63) is 53.6 Å². The minimum atomic E-state index is -0.628. The van der Waals surface area contributed by atoms with E-state index in [0.29, 0.717) is 18.1 Å². The van der Waals surface area contributed by atoms with Gasteiger partial charge in [0.15, 0.2) is 5.82 Å². The molecule has 0 spiro atoms. The molecule has 11 heteroatoms. The van der Waals surface area contributed by atoms with Crippen LogP contribution in [0.3, 0.4) is 0 Å². The zero-order valence-electron chi connectivity index (χ0n) is 18.1. The first-order valence-electron chi connectivity index (χ1n) is 10.5. The Hall–Kier alpha value is -3.31. The highest BCUT2D eigenvalue weighted by atomic mass is 19.1. The number of anilines is 2. The molecule has 1 saturated heterocycles. The molecule has 3 aromatic heterocycles. The van der Waals surface area contributed by atoms with Crippen LogP contribution in [0, 0.1) is 12.9 Å². The Morgan fingerprint density at radius 3 is 2.75 bits per heavy atom. The number of aryl methyl sites for hydroxylation is 1.